The molecule has 0 amide bonds. The van der Waals surface area contributed by atoms with Crippen LogP contribution >= 0.6 is 0 Å². The Hall–Kier alpha value is -2.50. The van der Waals surface area contributed by atoms with Crippen LogP contribution in [0.1, 0.15) is 54.7 Å². The van der Waals surface area contributed by atoms with Crippen molar-refractivity contribution in [3.63, 3.8) is 0 Å². The van der Waals surface area contributed by atoms with Crippen molar-refractivity contribution >= 4 is 11.3 Å². The first kappa shape index (κ1) is 13.9. The normalized spacial score (nSPS) is 18.7. The number of rotatable bonds is 5. The number of fused-ring (bicyclic) bond motifs is 1. The minimum atomic E-state index is 0.222. The molecule has 122 valence electrons. The van der Waals surface area contributed by atoms with E-state index in [4.69, 9.17) is 4.98 Å². The van der Waals surface area contributed by atoms with Crippen LogP contribution in [0.2, 0.25) is 0 Å². The Morgan fingerprint density at radius 3 is 2.83 bits per heavy atom. The van der Waals surface area contributed by atoms with E-state index < -0.39 is 0 Å². The quantitative estimate of drug-likeness (QED) is 0.781. The summed E-state index contributed by atoms with van der Waals surface area (Å²) < 4.78 is 1.80. The van der Waals surface area contributed by atoms with Crippen LogP contribution in [-0.4, -0.2) is 24.8 Å². The average Bonchev–Trinajstić information content (AvgIpc) is 3.50. The van der Waals surface area contributed by atoms with Gasteiger partial charge in [0.05, 0.1) is 23.1 Å². The fraction of sp³-hybridized carbons (Fsp3) is 0.444. The van der Waals surface area contributed by atoms with E-state index in [1.54, 1.807) is 10.8 Å². The minimum Gasteiger partial charge on any atom is -0.373 e. The van der Waals surface area contributed by atoms with E-state index in [0.717, 1.165) is 28.4 Å². The molecule has 6 heteroatoms. The molecule has 0 saturated heterocycles. The molecule has 0 aromatic carbocycles. The molecule has 6 nitrogen and oxygen atoms in total. The highest BCUT2D eigenvalue weighted by Crippen LogP contribution is 2.44. The fourth-order valence-corrected chi connectivity index (χ4v) is 3.30. The molecule has 1 unspecified atom stereocenters. The lowest BCUT2D eigenvalue weighted by molar-refractivity contribution is 0.655. The summed E-state index contributed by atoms with van der Waals surface area (Å²) in [5, 5.41) is 16.6. The summed E-state index contributed by atoms with van der Waals surface area (Å²) in [5.41, 5.74) is 5.11. The van der Waals surface area contributed by atoms with Crippen molar-refractivity contribution in [2.75, 3.05) is 5.32 Å². The molecule has 2 aliphatic carbocycles. The van der Waals surface area contributed by atoms with E-state index in [0.29, 0.717) is 11.8 Å². The van der Waals surface area contributed by atoms with Crippen LogP contribution in [0.5, 0.6) is 0 Å². The first-order valence-electron chi connectivity index (χ1n) is 8.69. The van der Waals surface area contributed by atoms with Gasteiger partial charge in [0.2, 0.25) is 5.65 Å². The number of aromatic nitrogens is 5. The summed E-state index contributed by atoms with van der Waals surface area (Å²) in [6.07, 6.45) is 6.63. The highest BCUT2D eigenvalue weighted by Gasteiger charge is 2.34. The van der Waals surface area contributed by atoms with Crippen LogP contribution in [0.15, 0.2) is 30.6 Å². The summed E-state index contributed by atoms with van der Waals surface area (Å²) in [4.78, 5) is 4.75. The smallest absolute Gasteiger partial charge is 0.200 e. The molecule has 3 heterocycles. The molecule has 1 N–H and O–H groups in total. The predicted molar refractivity (Wildman–Crippen MR) is 90.8 cm³/mol. The molecule has 2 aliphatic rings. The molecular weight excluding hydrogens is 300 g/mol. The second kappa shape index (κ2) is 5.26. The monoisotopic (exact) mass is 320 g/mol. The Balaban J connectivity index is 1.55. The molecule has 2 saturated carbocycles. The predicted octanol–water partition coefficient (Wildman–Crippen LogP) is 3.27. The van der Waals surface area contributed by atoms with Crippen molar-refractivity contribution in [1.82, 2.24) is 24.8 Å². The third kappa shape index (κ3) is 2.52. The standard InChI is InChI=1S/C18H20N6/c1-11-3-2-4-14(20-11)17(13-7-8-13)21-16-9-15(12-5-6-12)23-24-10-19-22-18(16)24/h2-4,9-10,12-13,17,21H,5-8H2,1H3. The number of hydrogen-bond donors (Lipinski definition) is 1. The van der Waals surface area contributed by atoms with E-state index in [1.807, 2.05) is 13.0 Å². The number of nitrogens with zero attached hydrogens (tertiary/aromatic N) is 5. The third-order valence-electron chi connectivity index (χ3n) is 4.92. The van der Waals surface area contributed by atoms with Gasteiger partial charge in [-0.05, 0) is 56.7 Å². The highest BCUT2D eigenvalue weighted by molar-refractivity contribution is 5.67. The molecule has 24 heavy (non-hydrogen) atoms. The Kier molecular flexibility index (Phi) is 3.04. The number of hydrogen-bond acceptors (Lipinski definition) is 5. The highest BCUT2D eigenvalue weighted by atomic mass is 15.3. The van der Waals surface area contributed by atoms with E-state index >= 15 is 0 Å². The van der Waals surface area contributed by atoms with Gasteiger partial charge in [-0.1, -0.05) is 6.07 Å². The maximum atomic E-state index is 4.75. The number of anilines is 1. The van der Waals surface area contributed by atoms with E-state index in [1.165, 1.54) is 25.7 Å². The third-order valence-corrected chi connectivity index (χ3v) is 4.92. The lowest BCUT2D eigenvalue weighted by Gasteiger charge is -2.20. The maximum absolute atomic E-state index is 4.75. The molecule has 5 rings (SSSR count). The van der Waals surface area contributed by atoms with Gasteiger partial charge in [0.1, 0.15) is 6.33 Å². The van der Waals surface area contributed by atoms with Crippen LogP contribution in [0, 0.1) is 12.8 Å². The van der Waals surface area contributed by atoms with Crippen LogP contribution in [0.25, 0.3) is 5.65 Å². The van der Waals surface area contributed by atoms with E-state index in [-0.39, 0.29) is 6.04 Å². The van der Waals surface area contributed by atoms with Gasteiger partial charge in [0.25, 0.3) is 0 Å². The SMILES string of the molecule is Cc1cccc(C(Nc2cc(C3CC3)nn3cnnc23)C2CC2)n1. The summed E-state index contributed by atoms with van der Waals surface area (Å²) in [6, 6.07) is 8.63. The zero-order chi connectivity index (χ0) is 16.1. The second-order valence-corrected chi connectivity index (χ2v) is 7.02. The van der Waals surface area contributed by atoms with Gasteiger partial charge >= 0.3 is 0 Å². The Morgan fingerprint density at radius 1 is 1.21 bits per heavy atom. The molecular formula is C18H20N6. The molecule has 2 fully saturated rings. The summed E-state index contributed by atoms with van der Waals surface area (Å²) in [7, 11) is 0. The zero-order valence-corrected chi connectivity index (χ0v) is 13.7. The van der Waals surface area contributed by atoms with Gasteiger partial charge in [-0.15, -0.1) is 10.2 Å². The van der Waals surface area contributed by atoms with Crippen molar-refractivity contribution in [3.8, 4) is 0 Å². The number of aryl methyl sites for hydroxylation is 1. The maximum Gasteiger partial charge on any atom is 0.200 e. The number of nitrogens with one attached hydrogen (secondary N) is 1. The lowest BCUT2D eigenvalue weighted by atomic mass is 10.1. The average molecular weight is 320 g/mol. The van der Waals surface area contributed by atoms with E-state index in [2.05, 4.69) is 38.8 Å². The van der Waals surface area contributed by atoms with Gasteiger partial charge in [-0.3, -0.25) is 4.98 Å². The molecule has 0 aliphatic heterocycles. The summed E-state index contributed by atoms with van der Waals surface area (Å²) in [6.45, 7) is 2.04. The fourth-order valence-electron chi connectivity index (χ4n) is 3.30. The van der Waals surface area contributed by atoms with Crippen LogP contribution in [-0.2, 0) is 0 Å². The largest absolute Gasteiger partial charge is 0.373 e. The van der Waals surface area contributed by atoms with Crippen molar-refractivity contribution in [3.05, 3.63) is 47.7 Å². The van der Waals surface area contributed by atoms with Crippen LogP contribution in [0.4, 0.5) is 5.69 Å². The summed E-state index contributed by atoms with van der Waals surface area (Å²) in [5.74, 6) is 1.23. The van der Waals surface area contributed by atoms with Crippen LogP contribution in [0.3, 0.4) is 0 Å². The first-order valence-corrected chi connectivity index (χ1v) is 8.69. The Bertz CT molecular complexity index is 893. The molecule has 0 bridgehead atoms. The molecule has 0 radical (unpaired) electrons. The van der Waals surface area contributed by atoms with Crippen molar-refractivity contribution in [2.45, 2.75) is 44.6 Å². The zero-order valence-electron chi connectivity index (χ0n) is 13.7. The minimum absolute atomic E-state index is 0.222. The number of pyridine rings is 1. The van der Waals surface area contributed by atoms with Crippen molar-refractivity contribution < 1.29 is 0 Å². The van der Waals surface area contributed by atoms with Crippen molar-refractivity contribution in [1.29, 1.82) is 0 Å². The molecule has 0 spiro atoms. The molecule has 3 aromatic rings. The first-order chi connectivity index (χ1) is 11.8. The van der Waals surface area contributed by atoms with Gasteiger partial charge < -0.3 is 5.32 Å². The molecule has 3 aromatic heterocycles. The van der Waals surface area contributed by atoms with Gasteiger partial charge in [-0.25, -0.2) is 0 Å². The Labute approximate surface area is 140 Å². The van der Waals surface area contributed by atoms with Gasteiger partial charge in [0.15, 0.2) is 0 Å². The summed E-state index contributed by atoms with van der Waals surface area (Å²) >= 11 is 0. The van der Waals surface area contributed by atoms with Crippen LogP contribution < -0.4 is 5.32 Å². The van der Waals surface area contributed by atoms with E-state index in [9.17, 15) is 0 Å². The Morgan fingerprint density at radius 2 is 2.08 bits per heavy atom. The topological polar surface area (TPSA) is 68.0 Å². The molecule has 1 atom stereocenters. The second-order valence-electron chi connectivity index (χ2n) is 7.02. The lowest BCUT2D eigenvalue weighted by Crippen LogP contribution is -2.16. The van der Waals surface area contributed by atoms with Gasteiger partial charge in [0, 0.05) is 11.6 Å². The van der Waals surface area contributed by atoms with Crippen molar-refractivity contribution in [2.24, 2.45) is 5.92 Å². The van der Waals surface area contributed by atoms with Gasteiger partial charge in [-0.2, -0.15) is 9.61 Å².